The van der Waals surface area contributed by atoms with Crippen LogP contribution in [0.3, 0.4) is 0 Å². The number of benzene rings is 16. The van der Waals surface area contributed by atoms with Crippen LogP contribution in [0.5, 0.6) is 0 Å². The maximum atomic E-state index is 6.80. The molecule has 0 N–H and O–H groups in total. The topological polar surface area (TPSA) is 26.3 Å². The zero-order chi connectivity index (χ0) is 53.6. The van der Waals surface area contributed by atoms with Gasteiger partial charge in [-0.05, 0) is 190 Å². The summed E-state index contributed by atoms with van der Waals surface area (Å²) in [7, 11) is 0. The van der Waals surface area contributed by atoms with Gasteiger partial charge in [0.1, 0.15) is 22.3 Å². The number of hydrogen-bond donors (Lipinski definition) is 0. The van der Waals surface area contributed by atoms with Crippen LogP contribution in [-0.4, -0.2) is 0 Å². The van der Waals surface area contributed by atoms with Crippen molar-refractivity contribution in [1.82, 2.24) is 0 Å². The smallest absolute Gasteiger partial charge is 0.136 e. The Morgan fingerprint density at radius 1 is 0.171 bits per heavy atom. The van der Waals surface area contributed by atoms with Crippen molar-refractivity contribution in [3.63, 3.8) is 0 Å². The van der Waals surface area contributed by atoms with Gasteiger partial charge in [-0.25, -0.2) is 0 Å². The molecule has 18 aromatic rings. The average molecular weight is 1040 g/mol. The minimum absolute atomic E-state index is 0.871. The van der Waals surface area contributed by atoms with Gasteiger partial charge in [-0.1, -0.05) is 231 Å². The molecule has 82 heavy (non-hydrogen) atoms. The van der Waals surface area contributed by atoms with Gasteiger partial charge >= 0.3 is 0 Å². The van der Waals surface area contributed by atoms with Gasteiger partial charge in [-0.2, -0.15) is 0 Å². The van der Waals surface area contributed by atoms with Gasteiger partial charge in [0, 0.05) is 21.5 Å². The van der Waals surface area contributed by atoms with Crippen LogP contribution in [0.2, 0.25) is 0 Å². The van der Waals surface area contributed by atoms with Gasteiger partial charge in [-0.15, -0.1) is 0 Å². The Morgan fingerprint density at radius 3 is 0.927 bits per heavy atom. The fourth-order valence-corrected chi connectivity index (χ4v) is 14.2. The molecular weight excluding hydrogens is 993 g/mol. The van der Waals surface area contributed by atoms with E-state index in [0.29, 0.717) is 0 Å². The highest BCUT2D eigenvalue weighted by atomic mass is 16.3. The highest BCUT2D eigenvalue weighted by Gasteiger charge is 2.25. The van der Waals surface area contributed by atoms with Crippen molar-refractivity contribution < 1.29 is 8.83 Å². The minimum atomic E-state index is 0.871. The highest BCUT2D eigenvalue weighted by Crippen LogP contribution is 2.52. The molecule has 0 radical (unpaired) electrons. The fourth-order valence-electron chi connectivity index (χ4n) is 14.2. The van der Waals surface area contributed by atoms with E-state index in [4.69, 9.17) is 8.83 Å². The van der Waals surface area contributed by atoms with E-state index in [9.17, 15) is 0 Å². The van der Waals surface area contributed by atoms with Crippen LogP contribution in [0.15, 0.2) is 288 Å². The summed E-state index contributed by atoms with van der Waals surface area (Å²) in [5.74, 6) is 0. The first kappa shape index (κ1) is 45.1. The predicted octanol–water partition coefficient (Wildman–Crippen LogP) is 23.0. The third kappa shape index (κ3) is 6.58. The summed E-state index contributed by atoms with van der Waals surface area (Å²) < 4.78 is 13.6. The summed E-state index contributed by atoms with van der Waals surface area (Å²) >= 11 is 0. The Morgan fingerprint density at radius 2 is 0.488 bits per heavy atom. The molecule has 0 unspecified atom stereocenters. The van der Waals surface area contributed by atoms with Gasteiger partial charge in [0.15, 0.2) is 0 Å². The summed E-state index contributed by atoms with van der Waals surface area (Å²) in [5.41, 5.74) is 15.2. The van der Waals surface area contributed by atoms with Crippen molar-refractivity contribution in [1.29, 1.82) is 0 Å². The van der Waals surface area contributed by atoms with E-state index in [1.807, 2.05) is 0 Å². The predicted molar refractivity (Wildman–Crippen MR) is 348 cm³/mol. The Hall–Kier alpha value is -10.8. The summed E-state index contributed by atoms with van der Waals surface area (Å²) in [6, 6.07) is 103. The molecule has 2 nitrogen and oxygen atoms in total. The number of fused-ring (bicyclic) bond motifs is 16. The van der Waals surface area contributed by atoms with E-state index < -0.39 is 0 Å². The van der Waals surface area contributed by atoms with Crippen molar-refractivity contribution in [3.05, 3.63) is 279 Å². The van der Waals surface area contributed by atoms with Gasteiger partial charge < -0.3 is 8.83 Å². The maximum absolute atomic E-state index is 6.80. The molecule has 0 aliphatic rings. The van der Waals surface area contributed by atoms with Crippen molar-refractivity contribution in [3.8, 4) is 55.6 Å². The van der Waals surface area contributed by atoms with E-state index in [0.717, 1.165) is 76.9 Å². The van der Waals surface area contributed by atoms with Crippen LogP contribution in [0, 0.1) is 0 Å². The lowest BCUT2D eigenvalue weighted by molar-refractivity contribution is 0.669. The lowest BCUT2D eigenvalue weighted by atomic mass is 9.81. The Labute approximate surface area is 470 Å². The zero-order valence-electron chi connectivity index (χ0n) is 44.4. The molecule has 0 bridgehead atoms. The maximum Gasteiger partial charge on any atom is 0.136 e. The van der Waals surface area contributed by atoms with Crippen molar-refractivity contribution in [2.45, 2.75) is 0 Å². The number of hydrogen-bond acceptors (Lipinski definition) is 2. The molecule has 0 atom stereocenters. The fraction of sp³-hybridized carbons (Fsp3) is 0. The van der Waals surface area contributed by atoms with Crippen molar-refractivity contribution >= 4 is 130 Å². The molecule has 2 aromatic heterocycles. The van der Waals surface area contributed by atoms with Gasteiger partial charge in [0.25, 0.3) is 0 Å². The molecule has 0 saturated heterocycles. The van der Waals surface area contributed by atoms with Crippen LogP contribution < -0.4 is 0 Å². The van der Waals surface area contributed by atoms with Gasteiger partial charge in [-0.3, -0.25) is 0 Å². The Balaban J connectivity index is 1.02. The molecule has 378 valence electrons. The average Bonchev–Trinajstić information content (AvgIpc) is 4.27. The molecule has 0 aliphatic carbocycles. The van der Waals surface area contributed by atoms with E-state index >= 15 is 0 Å². The summed E-state index contributed by atoms with van der Waals surface area (Å²) in [5, 5.41) is 23.6. The summed E-state index contributed by atoms with van der Waals surface area (Å²) in [6.07, 6.45) is 0. The first-order valence-electron chi connectivity index (χ1n) is 28.3. The van der Waals surface area contributed by atoms with E-state index in [1.54, 1.807) is 0 Å². The Kier molecular flexibility index (Phi) is 9.54. The third-order valence-electron chi connectivity index (χ3n) is 17.8. The molecule has 0 saturated carbocycles. The lowest BCUT2D eigenvalue weighted by Crippen LogP contribution is -1.95. The van der Waals surface area contributed by atoms with Gasteiger partial charge in [0.05, 0.1) is 0 Å². The Bertz CT molecular complexity index is 5420. The van der Waals surface area contributed by atoms with Crippen LogP contribution in [0.25, 0.3) is 186 Å². The molecule has 0 amide bonds. The van der Waals surface area contributed by atoms with Crippen LogP contribution in [0.4, 0.5) is 0 Å². The van der Waals surface area contributed by atoms with Crippen LogP contribution in [-0.2, 0) is 0 Å². The molecule has 2 heterocycles. The molecule has 0 spiro atoms. The van der Waals surface area contributed by atoms with E-state index in [1.165, 1.54) is 109 Å². The van der Waals surface area contributed by atoms with E-state index in [-0.39, 0.29) is 0 Å². The number of furan rings is 2. The second-order valence-electron chi connectivity index (χ2n) is 22.1. The lowest BCUT2D eigenvalue weighted by Gasteiger charge is -2.22. The molecule has 0 fully saturated rings. The number of rotatable bonds is 5. The largest absolute Gasteiger partial charge is 0.456 e. The van der Waals surface area contributed by atoms with Crippen molar-refractivity contribution in [2.24, 2.45) is 0 Å². The van der Waals surface area contributed by atoms with Crippen LogP contribution >= 0.6 is 0 Å². The van der Waals surface area contributed by atoms with E-state index in [2.05, 4.69) is 279 Å². The van der Waals surface area contributed by atoms with Crippen LogP contribution in [0.1, 0.15) is 0 Å². The quantitative estimate of drug-likeness (QED) is 0.161. The zero-order valence-corrected chi connectivity index (χ0v) is 44.4. The highest BCUT2D eigenvalue weighted by molar-refractivity contribution is 6.31. The summed E-state index contributed by atoms with van der Waals surface area (Å²) in [6.45, 7) is 0. The monoisotopic (exact) mass is 1040 g/mol. The molecule has 2 heteroatoms. The molecular formula is C80H46O2. The first-order chi connectivity index (χ1) is 40.7. The molecule has 16 aromatic carbocycles. The van der Waals surface area contributed by atoms with Crippen molar-refractivity contribution in [2.75, 3.05) is 0 Å². The SMILES string of the molecule is c1ccc2cc(-c3cccc4c(-c5c6cccc(-c7cccc8oc9ccc%10ccccc%10c9c78)c6cc6c(-c7cccc8oc9ccc%10ccccc%10c9c78)cccc56)c5cccc(-c6ccc7ccccc7c6)c5cc34)ccc2c1. The van der Waals surface area contributed by atoms with Gasteiger partial charge in [0.2, 0.25) is 0 Å². The molecule has 18 rings (SSSR count). The second kappa shape index (κ2) is 17.3. The minimum Gasteiger partial charge on any atom is -0.456 e. The normalized spacial score (nSPS) is 12.1. The molecule has 0 aliphatic heterocycles. The first-order valence-corrected chi connectivity index (χ1v) is 28.3. The third-order valence-corrected chi connectivity index (χ3v) is 17.8. The standard InChI is InChI=1S/C80H46O2/c1-3-19-51-43-53(37-35-47(51)15-1)55-23-9-27-63-67(55)45-68-56(54-38-36-48-16-2-4-20-52(48)44-54)24-10-28-64(68)75(63)76-65-29-11-25-59(61-31-13-33-71-79(61)77-57-21-7-5-17-49(57)39-41-73(77)81-71)69(65)46-70-60(26-12-30-66(70)76)62-32-14-34-72-80(62)78-58-22-8-6-18-50(58)40-42-74(78)82-72/h1-46H. The summed E-state index contributed by atoms with van der Waals surface area (Å²) in [4.78, 5) is 0. The second-order valence-corrected chi connectivity index (χ2v) is 22.1.